The molecule has 0 saturated carbocycles. The van der Waals surface area contributed by atoms with Crippen LogP contribution < -0.4 is 0 Å². The number of hydrogen-bond acceptors (Lipinski definition) is 0. The summed E-state index contributed by atoms with van der Waals surface area (Å²) in [5, 5.41) is 0. The highest BCUT2D eigenvalue weighted by atomic mass is 13.9. The Morgan fingerprint density at radius 2 is 1.16 bits per heavy atom. The third-order valence-corrected chi connectivity index (χ3v) is 3.51. The Bertz CT molecular complexity index is 200. The highest BCUT2D eigenvalue weighted by Gasteiger charge is 1.88. The average molecular weight is 263 g/mol. The van der Waals surface area contributed by atoms with E-state index in [0.29, 0.717) is 0 Å². The minimum atomic E-state index is 1.20. The first-order chi connectivity index (χ1) is 9.41. The van der Waals surface area contributed by atoms with Crippen molar-refractivity contribution in [2.75, 3.05) is 0 Å². The van der Waals surface area contributed by atoms with E-state index in [2.05, 4.69) is 38.2 Å². The lowest BCUT2D eigenvalue weighted by Gasteiger charge is -1.97. The summed E-state index contributed by atoms with van der Waals surface area (Å²) in [5.41, 5.74) is 0. The molecule has 0 heteroatoms. The van der Waals surface area contributed by atoms with Gasteiger partial charge in [-0.1, -0.05) is 89.9 Å². The third-order valence-electron chi connectivity index (χ3n) is 3.51. The van der Waals surface area contributed by atoms with Gasteiger partial charge < -0.3 is 0 Å². The Morgan fingerprint density at radius 1 is 0.632 bits per heavy atom. The molecule has 0 spiro atoms. The first-order valence-electron chi connectivity index (χ1n) is 8.64. The van der Waals surface area contributed by atoms with Crippen molar-refractivity contribution in [3.8, 4) is 0 Å². The van der Waals surface area contributed by atoms with Crippen LogP contribution in [0.3, 0.4) is 0 Å². The fourth-order valence-electron chi connectivity index (χ4n) is 2.20. The molecule has 0 unspecified atom stereocenters. The predicted molar refractivity (Wildman–Crippen MR) is 88.3 cm³/mol. The molecule has 0 saturated heterocycles. The zero-order valence-electron chi connectivity index (χ0n) is 13.4. The maximum absolute atomic E-state index is 3.28. The molecule has 0 aromatic carbocycles. The number of rotatable bonds is 14. The van der Waals surface area contributed by atoms with E-state index in [9.17, 15) is 0 Å². The molecule has 0 aliphatic rings. The zero-order chi connectivity index (χ0) is 14.0. The average Bonchev–Trinajstić information content (AvgIpc) is 2.43. The van der Waals surface area contributed by atoms with E-state index in [-0.39, 0.29) is 0 Å². The maximum atomic E-state index is 3.28. The van der Waals surface area contributed by atoms with Crippen molar-refractivity contribution in [3.05, 3.63) is 24.3 Å². The Balaban J connectivity index is 3.15. The summed E-state index contributed by atoms with van der Waals surface area (Å²) in [6.07, 6.45) is 27.5. The SMILES string of the molecule is CCCCCCCC=C/[C]=C/CCCCCCCC. The highest BCUT2D eigenvalue weighted by molar-refractivity contribution is 4.94. The van der Waals surface area contributed by atoms with E-state index in [1.54, 1.807) is 0 Å². The van der Waals surface area contributed by atoms with E-state index >= 15 is 0 Å². The molecular formula is C19H35. The number of hydrogen-bond donors (Lipinski definition) is 0. The molecule has 19 heavy (non-hydrogen) atoms. The summed E-state index contributed by atoms with van der Waals surface area (Å²) in [7, 11) is 0. The molecule has 0 amide bonds. The lowest BCUT2D eigenvalue weighted by atomic mass is 10.1. The summed E-state index contributed by atoms with van der Waals surface area (Å²) in [6, 6.07) is 0. The molecule has 0 nitrogen and oxygen atoms in total. The van der Waals surface area contributed by atoms with E-state index in [0.717, 1.165) is 0 Å². The molecule has 0 rings (SSSR count). The van der Waals surface area contributed by atoms with E-state index in [4.69, 9.17) is 0 Å². The van der Waals surface area contributed by atoms with Crippen molar-refractivity contribution in [3.63, 3.8) is 0 Å². The molecule has 0 aliphatic heterocycles. The molecule has 0 aromatic heterocycles. The molecule has 0 aromatic rings. The molecular weight excluding hydrogens is 228 g/mol. The third kappa shape index (κ3) is 17.5. The van der Waals surface area contributed by atoms with Crippen molar-refractivity contribution in [2.24, 2.45) is 0 Å². The largest absolute Gasteiger partial charge is 0.0839 e. The first kappa shape index (κ1) is 18.5. The number of unbranched alkanes of at least 4 members (excludes halogenated alkanes) is 11. The van der Waals surface area contributed by atoms with Gasteiger partial charge in [0.05, 0.1) is 0 Å². The van der Waals surface area contributed by atoms with Crippen LogP contribution in [-0.4, -0.2) is 0 Å². The molecule has 0 heterocycles. The standard InChI is InChI=1S/C19H35/c1-3-5-7-9-11-13-15-17-19-18-16-14-12-10-8-6-4-2/h15,17-18H,3-14,16H2,1-2H3. The molecule has 1 radical (unpaired) electrons. The van der Waals surface area contributed by atoms with Gasteiger partial charge in [0.2, 0.25) is 0 Å². The van der Waals surface area contributed by atoms with Crippen molar-refractivity contribution in [2.45, 2.75) is 97.3 Å². The second-order valence-electron chi connectivity index (χ2n) is 5.53. The Hall–Kier alpha value is -0.520. The van der Waals surface area contributed by atoms with Gasteiger partial charge >= 0.3 is 0 Å². The van der Waals surface area contributed by atoms with E-state index in [1.807, 2.05) is 0 Å². The molecule has 0 aliphatic carbocycles. The fourth-order valence-corrected chi connectivity index (χ4v) is 2.20. The van der Waals surface area contributed by atoms with Gasteiger partial charge in [0.25, 0.3) is 0 Å². The van der Waals surface area contributed by atoms with Gasteiger partial charge in [-0.05, 0) is 31.8 Å². The summed E-state index contributed by atoms with van der Waals surface area (Å²) >= 11 is 0. The number of allylic oxidation sites excluding steroid dienone is 4. The van der Waals surface area contributed by atoms with Crippen LogP contribution in [0, 0.1) is 6.08 Å². The monoisotopic (exact) mass is 263 g/mol. The van der Waals surface area contributed by atoms with Crippen LogP contribution in [0.5, 0.6) is 0 Å². The fraction of sp³-hybridized carbons (Fsp3) is 0.789. The van der Waals surface area contributed by atoms with Crippen LogP contribution in [0.25, 0.3) is 0 Å². The maximum Gasteiger partial charge on any atom is -0.0230 e. The lowest BCUT2D eigenvalue weighted by molar-refractivity contribution is 0.611. The lowest BCUT2D eigenvalue weighted by Crippen LogP contribution is -1.77. The smallest absolute Gasteiger partial charge is 0.0230 e. The van der Waals surface area contributed by atoms with Crippen molar-refractivity contribution in [1.82, 2.24) is 0 Å². The van der Waals surface area contributed by atoms with Gasteiger partial charge in [-0.3, -0.25) is 0 Å². The van der Waals surface area contributed by atoms with Crippen LogP contribution >= 0.6 is 0 Å². The van der Waals surface area contributed by atoms with Gasteiger partial charge in [-0.15, -0.1) is 0 Å². The topological polar surface area (TPSA) is 0 Å². The van der Waals surface area contributed by atoms with Crippen LogP contribution in [0.1, 0.15) is 97.3 Å². The second kappa shape index (κ2) is 17.5. The minimum Gasteiger partial charge on any atom is -0.0839 e. The van der Waals surface area contributed by atoms with E-state index in [1.165, 1.54) is 83.5 Å². The minimum absolute atomic E-state index is 1.20. The van der Waals surface area contributed by atoms with Gasteiger partial charge in [-0.25, -0.2) is 0 Å². The second-order valence-corrected chi connectivity index (χ2v) is 5.53. The van der Waals surface area contributed by atoms with Crippen LogP contribution in [0.4, 0.5) is 0 Å². The van der Waals surface area contributed by atoms with Crippen LogP contribution in [0.2, 0.25) is 0 Å². The molecule has 0 bridgehead atoms. The van der Waals surface area contributed by atoms with Gasteiger partial charge in [0.15, 0.2) is 0 Å². The van der Waals surface area contributed by atoms with Crippen LogP contribution in [-0.2, 0) is 0 Å². The van der Waals surface area contributed by atoms with E-state index < -0.39 is 0 Å². The first-order valence-corrected chi connectivity index (χ1v) is 8.64. The molecule has 111 valence electrons. The van der Waals surface area contributed by atoms with Crippen LogP contribution in [0.15, 0.2) is 18.2 Å². The normalized spacial score (nSPS) is 11.9. The Kier molecular flexibility index (Phi) is 17.0. The highest BCUT2D eigenvalue weighted by Crippen LogP contribution is 2.07. The summed E-state index contributed by atoms with van der Waals surface area (Å²) < 4.78 is 0. The Morgan fingerprint density at radius 3 is 1.79 bits per heavy atom. The molecule has 0 atom stereocenters. The quantitative estimate of drug-likeness (QED) is 0.233. The van der Waals surface area contributed by atoms with Gasteiger partial charge in [-0.2, -0.15) is 0 Å². The molecule has 0 N–H and O–H groups in total. The summed E-state index contributed by atoms with van der Waals surface area (Å²) in [4.78, 5) is 0. The summed E-state index contributed by atoms with van der Waals surface area (Å²) in [5.74, 6) is 0. The van der Waals surface area contributed by atoms with Crippen molar-refractivity contribution in [1.29, 1.82) is 0 Å². The van der Waals surface area contributed by atoms with Gasteiger partial charge in [0, 0.05) is 0 Å². The summed E-state index contributed by atoms with van der Waals surface area (Å²) in [6.45, 7) is 4.54. The Labute approximate surface area is 122 Å². The van der Waals surface area contributed by atoms with Gasteiger partial charge in [0.1, 0.15) is 0 Å². The zero-order valence-corrected chi connectivity index (χ0v) is 13.4. The predicted octanol–water partition coefficient (Wildman–Crippen LogP) is 7.01. The van der Waals surface area contributed by atoms with Crippen molar-refractivity contribution >= 4 is 0 Å². The molecule has 0 fully saturated rings. The van der Waals surface area contributed by atoms with Crippen molar-refractivity contribution < 1.29 is 0 Å².